The van der Waals surface area contributed by atoms with Crippen LogP contribution in [0.15, 0.2) is 91.0 Å². The lowest BCUT2D eigenvalue weighted by molar-refractivity contribution is -0.150. The van der Waals surface area contributed by atoms with Gasteiger partial charge in [-0.25, -0.2) is 0 Å². The van der Waals surface area contributed by atoms with Crippen molar-refractivity contribution in [3.63, 3.8) is 0 Å². The molecule has 0 aromatic heterocycles. The van der Waals surface area contributed by atoms with Crippen LogP contribution >= 0.6 is 0 Å². The Bertz CT molecular complexity index is 864. The van der Waals surface area contributed by atoms with E-state index in [0.717, 1.165) is 11.1 Å². The van der Waals surface area contributed by atoms with Crippen molar-refractivity contribution >= 4 is 5.97 Å². The lowest BCUT2D eigenvalue weighted by atomic mass is 10.1. The molecule has 0 aliphatic heterocycles. The van der Waals surface area contributed by atoms with Crippen molar-refractivity contribution in [1.82, 2.24) is 4.90 Å². The molecule has 1 N–H and O–H groups in total. The summed E-state index contributed by atoms with van der Waals surface area (Å²) >= 11 is 0. The highest BCUT2D eigenvalue weighted by molar-refractivity contribution is 5.74. The van der Waals surface area contributed by atoms with Crippen LogP contribution in [-0.2, 0) is 29.2 Å². The molecule has 0 bridgehead atoms. The van der Waals surface area contributed by atoms with Crippen molar-refractivity contribution in [1.29, 1.82) is 0 Å². The van der Waals surface area contributed by atoms with Crippen LogP contribution in [0.5, 0.6) is 0 Å². The molecule has 0 fully saturated rings. The molecule has 0 spiro atoms. The van der Waals surface area contributed by atoms with E-state index in [9.17, 15) is 9.90 Å². The summed E-state index contributed by atoms with van der Waals surface area (Å²) in [6, 6.07) is 27.9. The van der Waals surface area contributed by atoms with Gasteiger partial charge in [-0.3, -0.25) is 9.69 Å². The Morgan fingerprint density at radius 2 is 1.28 bits per heavy atom. The molecule has 1 unspecified atom stereocenters. The van der Waals surface area contributed by atoms with E-state index in [1.807, 2.05) is 95.9 Å². The number of hydrogen-bond donors (Lipinski definition) is 1. The first-order chi connectivity index (χ1) is 14.5. The zero-order chi connectivity index (χ0) is 21.3. The van der Waals surface area contributed by atoms with Gasteiger partial charge in [0.15, 0.2) is 0 Å². The van der Waals surface area contributed by atoms with E-state index >= 15 is 0 Å². The van der Waals surface area contributed by atoms with Crippen molar-refractivity contribution in [2.24, 2.45) is 0 Å². The first-order valence-electron chi connectivity index (χ1n) is 10.3. The summed E-state index contributed by atoms with van der Waals surface area (Å²) < 4.78 is 14.2. The minimum absolute atomic E-state index is 0.467. The molecule has 0 saturated carbocycles. The van der Waals surface area contributed by atoms with Crippen molar-refractivity contribution < 1.29 is 16.0 Å². The number of nitrogens with zero attached hydrogens (tertiary/aromatic N) is 1. The minimum Gasteiger partial charge on any atom is -0.480 e. The number of rotatable bonds is 10. The molecule has 0 aliphatic rings. The highest BCUT2D eigenvalue weighted by Gasteiger charge is 2.32. The summed E-state index contributed by atoms with van der Waals surface area (Å²) in [5.41, 5.74) is 2.75. The maximum atomic E-state index is 12.3. The number of carboxylic acid groups (broad SMARTS) is 1. The molecule has 3 aromatic rings. The zero-order valence-corrected chi connectivity index (χ0v) is 16.5. The summed E-state index contributed by atoms with van der Waals surface area (Å²) in [4.78, 5) is 14.2. The fourth-order valence-electron chi connectivity index (χ4n) is 3.33. The van der Waals surface area contributed by atoms with Crippen LogP contribution in [0.25, 0.3) is 0 Å². The zero-order valence-electron chi connectivity index (χ0n) is 17.5. The van der Waals surface area contributed by atoms with Gasteiger partial charge >= 0.3 is 5.97 Å². The Balaban J connectivity index is 1.83. The molecule has 3 aromatic carbocycles. The fourth-order valence-corrected chi connectivity index (χ4v) is 3.33. The van der Waals surface area contributed by atoms with Crippen molar-refractivity contribution in [2.45, 2.75) is 38.7 Å². The van der Waals surface area contributed by atoms with Gasteiger partial charge in [0.25, 0.3) is 0 Å². The van der Waals surface area contributed by atoms with Gasteiger partial charge < -0.3 is 9.84 Å². The largest absolute Gasteiger partial charge is 0.480 e. The summed E-state index contributed by atoms with van der Waals surface area (Å²) in [7, 11) is 0. The number of carboxylic acids is 1. The van der Waals surface area contributed by atoms with Gasteiger partial charge in [0.1, 0.15) is 6.04 Å². The molecule has 150 valence electrons. The molecule has 0 radical (unpaired) electrons. The summed E-state index contributed by atoms with van der Waals surface area (Å²) in [6.45, 7) is 1.72. The van der Waals surface area contributed by atoms with Gasteiger partial charge in [0.05, 0.1) is 14.1 Å². The summed E-state index contributed by atoms with van der Waals surface area (Å²) in [5.74, 6) is -0.963. The molecule has 4 heteroatoms. The highest BCUT2D eigenvalue weighted by atomic mass is 16.5. The van der Waals surface area contributed by atoms with Crippen LogP contribution in [0.4, 0.5) is 0 Å². The molecular formula is C25H27NO3. The average Bonchev–Trinajstić information content (AvgIpc) is 2.75. The van der Waals surface area contributed by atoms with E-state index in [0.29, 0.717) is 18.7 Å². The average molecular weight is 391 g/mol. The van der Waals surface area contributed by atoms with Gasteiger partial charge in [-0.05, 0) is 23.6 Å². The third-order valence-corrected chi connectivity index (χ3v) is 4.77. The van der Waals surface area contributed by atoms with Crippen molar-refractivity contribution in [2.75, 3.05) is 0 Å². The molecule has 0 saturated heterocycles. The van der Waals surface area contributed by atoms with Gasteiger partial charge in [-0.2, -0.15) is 0 Å². The number of ether oxygens (including phenoxy) is 1. The van der Waals surface area contributed by atoms with Gasteiger partial charge in [0.2, 0.25) is 0 Å². The molecular weight excluding hydrogens is 362 g/mol. The molecule has 3 rings (SSSR count). The van der Waals surface area contributed by atoms with E-state index in [4.69, 9.17) is 6.11 Å². The summed E-state index contributed by atoms with van der Waals surface area (Å²) in [5, 5.41) is 10.1. The standard InChI is InChI=1S/C25H27NO3/c1-20(29-19-23-15-9-4-10-16-23)24(25(27)28)26(17-21-11-5-2-6-12-21)18-22-13-7-3-8-14-22/h2-16,20,24H,17-19H2,1H3,(H,27,28)/t20-,24+/m1/s1/i19D/t19?,20-,24+. The Hall–Kier alpha value is -2.95. The quantitative estimate of drug-likeness (QED) is 0.543. The maximum Gasteiger partial charge on any atom is 0.323 e. The van der Waals surface area contributed by atoms with Crippen LogP contribution in [0, 0.1) is 0 Å². The Morgan fingerprint density at radius 3 is 1.69 bits per heavy atom. The second-order valence-electron chi connectivity index (χ2n) is 7.03. The van der Waals surface area contributed by atoms with Crippen LogP contribution in [0.3, 0.4) is 0 Å². The Kier molecular flexibility index (Phi) is 7.05. The van der Waals surface area contributed by atoms with Gasteiger partial charge in [-0.15, -0.1) is 0 Å². The lowest BCUT2D eigenvalue weighted by Gasteiger charge is -2.33. The number of hydrogen-bond acceptors (Lipinski definition) is 3. The molecule has 29 heavy (non-hydrogen) atoms. The monoisotopic (exact) mass is 390 g/mol. The van der Waals surface area contributed by atoms with Gasteiger partial charge in [0, 0.05) is 13.1 Å². The predicted molar refractivity (Wildman–Crippen MR) is 114 cm³/mol. The second-order valence-corrected chi connectivity index (χ2v) is 7.03. The lowest BCUT2D eigenvalue weighted by Crippen LogP contribution is -2.48. The van der Waals surface area contributed by atoms with Crippen molar-refractivity contribution in [3.05, 3.63) is 108 Å². The maximum absolute atomic E-state index is 12.3. The third kappa shape index (κ3) is 6.28. The number of aliphatic carboxylic acids is 1. The normalized spacial score (nSPS) is 14.8. The Morgan fingerprint density at radius 1 is 0.862 bits per heavy atom. The predicted octanol–water partition coefficient (Wildman–Crippen LogP) is 4.75. The van der Waals surface area contributed by atoms with E-state index in [2.05, 4.69) is 0 Å². The van der Waals surface area contributed by atoms with Crippen LogP contribution in [0.1, 0.15) is 25.0 Å². The number of carbonyl (C=O) groups is 1. The van der Waals surface area contributed by atoms with Crippen LogP contribution in [0.2, 0.25) is 0 Å². The van der Waals surface area contributed by atoms with E-state index in [1.54, 1.807) is 6.92 Å². The molecule has 4 nitrogen and oxygen atoms in total. The van der Waals surface area contributed by atoms with E-state index in [-0.39, 0.29) is 0 Å². The van der Waals surface area contributed by atoms with Crippen LogP contribution in [-0.4, -0.2) is 28.1 Å². The molecule has 0 aliphatic carbocycles. The molecule has 0 heterocycles. The minimum atomic E-state index is -0.963. The molecule has 0 amide bonds. The smallest absolute Gasteiger partial charge is 0.323 e. The topological polar surface area (TPSA) is 49.8 Å². The fraction of sp³-hybridized carbons (Fsp3) is 0.240. The number of benzene rings is 3. The third-order valence-electron chi connectivity index (χ3n) is 4.77. The highest BCUT2D eigenvalue weighted by Crippen LogP contribution is 2.18. The van der Waals surface area contributed by atoms with E-state index in [1.165, 1.54) is 0 Å². The second kappa shape index (κ2) is 10.6. The SMILES string of the molecule is [2H]C(O[C@H](C)[C@@H](C(=O)O)N(Cc1ccccc1)Cc1ccccc1)c1ccccc1. The van der Waals surface area contributed by atoms with Crippen molar-refractivity contribution in [3.8, 4) is 0 Å². The first-order valence-corrected chi connectivity index (χ1v) is 9.72. The summed E-state index contributed by atoms with van der Waals surface area (Å²) in [6.07, 6.45) is -0.683. The molecule has 3 atom stereocenters. The van der Waals surface area contributed by atoms with E-state index < -0.39 is 24.7 Å². The van der Waals surface area contributed by atoms with Gasteiger partial charge in [-0.1, -0.05) is 91.0 Å². The Labute approximate surface area is 173 Å². The van der Waals surface area contributed by atoms with Crippen LogP contribution < -0.4 is 0 Å². The first kappa shape index (κ1) is 19.4.